The summed E-state index contributed by atoms with van der Waals surface area (Å²) in [5.74, 6) is 1.43. The first kappa shape index (κ1) is 19.0. The van der Waals surface area contributed by atoms with Crippen molar-refractivity contribution in [3.8, 4) is 5.75 Å². The van der Waals surface area contributed by atoms with Gasteiger partial charge in [-0.3, -0.25) is 9.67 Å². The van der Waals surface area contributed by atoms with Gasteiger partial charge in [0.2, 0.25) is 0 Å². The Kier molecular flexibility index (Phi) is 6.47. The molecule has 0 bridgehead atoms. The molecular weight excluding hydrogens is 336 g/mol. The minimum Gasteiger partial charge on any atom is -0.487 e. The van der Waals surface area contributed by atoms with Crippen LogP contribution in [0.1, 0.15) is 37.7 Å². The zero-order valence-electron chi connectivity index (χ0n) is 16.4. The Morgan fingerprint density at radius 2 is 2.04 bits per heavy atom. The number of rotatable bonds is 9. The van der Waals surface area contributed by atoms with Crippen molar-refractivity contribution in [1.29, 1.82) is 0 Å². The molecule has 0 fully saturated rings. The SMILES string of the molecule is CCc1c(NCc2cccc(OCc3ccccn3)c2)cnn1CC(C)C. The molecule has 0 aliphatic rings. The number of nitrogens with one attached hydrogen (secondary N) is 1. The third-order valence-electron chi connectivity index (χ3n) is 4.32. The summed E-state index contributed by atoms with van der Waals surface area (Å²) in [7, 11) is 0. The minimum absolute atomic E-state index is 0.472. The van der Waals surface area contributed by atoms with Gasteiger partial charge >= 0.3 is 0 Å². The van der Waals surface area contributed by atoms with Crippen molar-refractivity contribution in [2.24, 2.45) is 5.92 Å². The highest BCUT2D eigenvalue weighted by Crippen LogP contribution is 2.20. The normalized spacial score (nSPS) is 11.0. The van der Waals surface area contributed by atoms with Gasteiger partial charge in [0.05, 0.1) is 23.3 Å². The maximum atomic E-state index is 5.87. The van der Waals surface area contributed by atoms with E-state index in [0.29, 0.717) is 12.5 Å². The number of hydrogen-bond donors (Lipinski definition) is 1. The second-order valence-electron chi connectivity index (χ2n) is 7.05. The Bertz CT molecular complexity index is 843. The first-order chi connectivity index (χ1) is 13.2. The highest BCUT2D eigenvalue weighted by molar-refractivity contribution is 5.47. The Labute approximate surface area is 161 Å². The van der Waals surface area contributed by atoms with Crippen LogP contribution in [-0.4, -0.2) is 14.8 Å². The molecule has 5 nitrogen and oxygen atoms in total. The lowest BCUT2D eigenvalue weighted by Crippen LogP contribution is -2.10. The first-order valence-corrected chi connectivity index (χ1v) is 9.56. The van der Waals surface area contributed by atoms with Gasteiger partial charge in [-0.25, -0.2) is 0 Å². The number of hydrogen-bond acceptors (Lipinski definition) is 4. The lowest BCUT2D eigenvalue weighted by atomic mass is 10.2. The number of nitrogens with zero attached hydrogens (tertiary/aromatic N) is 3. The maximum absolute atomic E-state index is 5.87. The fourth-order valence-corrected chi connectivity index (χ4v) is 3.02. The average molecular weight is 364 g/mol. The lowest BCUT2D eigenvalue weighted by molar-refractivity contribution is 0.301. The summed E-state index contributed by atoms with van der Waals surface area (Å²) in [6.07, 6.45) is 4.68. The molecule has 0 saturated heterocycles. The van der Waals surface area contributed by atoms with Gasteiger partial charge in [0.15, 0.2) is 0 Å². The van der Waals surface area contributed by atoms with Gasteiger partial charge in [-0.1, -0.05) is 39.0 Å². The summed E-state index contributed by atoms with van der Waals surface area (Å²) in [4.78, 5) is 4.29. The lowest BCUT2D eigenvalue weighted by Gasteiger charge is -2.12. The Morgan fingerprint density at radius 1 is 1.15 bits per heavy atom. The van der Waals surface area contributed by atoms with Crippen LogP contribution in [0.2, 0.25) is 0 Å². The predicted octanol–water partition coefficient (Wildman–Crippen LogP) is 4.69. The molecule has 0 unspecified atom stereocenters. The molecule has 0 radical (unpaired) electrons. The van der Waals surface area contributed by atoms with Gasteiger partial charge in [-0.15, -0.1) is 0 Å². The molecule has 2 heterocycles. The number of ether oxygens (including phenoxy) is 1. The summed E-state index contributed by atoms with van der Waals surface area (Å²) < 4.78 is 7.98. The third kappa shape index (κ3) is 5.33. The van der Waals surface area contributed by atoms with Crippen molar-refractivity contribution in [3.05, 3.63) is 71.8 Å². The van der Waals surface area contributed by atoms with E-state index >= 15 is 0 Å². The molecule has 0 saturated carbocycles. The van der Waals surface area contributed by atoms with Crippen LogP contribution in [-0.2, 0) is 26.1 Å². The van der Waals surface area contributed by atoms with Crippen molar-refractivity contribution in [2.45, 2.75) is 46.9 Å². The quantitative estimate of drug-likeness (QED) is 0.598. The maximum Gasteiger partial charge on any atom is 0.130 e. The van der Waals surface area contributed by atoms with Gasteiger partial charge in [0.25, 0.3) is 0 Å². The van der Waals surface area contributed by atoms with Crippen LogP contribution in [0, 0.1) is 5.92 Å². The van der Waals surface area contributed by atoms with Gasteiger partial charge in [0, 0.05) is 19.3 Å². The fraction of sp³-hybridized carbons (Fsp3) is 0.364. The molecule has 0 aliphatic carbocycles. The number of pyridine rings is 1. The van der Waals surface area contributed by atoms with Gasteiger partial charge in [-0.05, 0) is 42.2 Å². The molecule has 3 rings (SSSR count). The molecule has 2 aromatic heterocycles. The first-order valence-electron chi connectivity index (χ1n) is 9.56. The van der Waals surface area contributed by atoms with E-state index in [-0.39, 0.29) is 0 Å². The number of benzene rings is 1. The Balaban J connectivity index is 1.61. The highest BCUT2D eigenvalue weighted by Gasteiger charge is 2.10. The molecule has 142 valence electrons. The zero-order valence-corrected chi connectivity index (χ0v) is 16.4. The summed E-state index contributed by atoms with van der Waals surface area (Å²) >= 11 is 0. The van der Waals surface area contributed by atoms with E-state index in [1.54, 1.807) is 6.20 Å². The van der Waals surface area contributed by atoms with Crippen LogP contribution < -0.4 is 10.1 Å². The number of anilines is 1. The van der Waals surface area contributed by atoms with Crippen molar-refractivity contribution in [3.63, 3.8) is 0 Å². The molecular formula is C22H28N4O. The summed E-state index contributed by atoms with van der Waals surface area (Å²) in [6.45, 7) is 8.75. The van der Waals surface area contributed by atoms with Gasteiger partial charge < -0.3 is 10.1 Å². The molecule has 0 atom stereocenters. The molecule has 5 heteroatoms. The van der Waals surface area contributed by atoms with Gasteiger partial charge in [0.1, 0.15) is 12.4 Å². The smallest absolute Gasteiger partial charge is 0.130 e. The standard InChI is InChI=1S/C22H28N4O/c1-4-22-21(14-25-26(22)15-17(2)3)24-13-18-8-7-10-20(12-18)27-16-19-9-5-6-11-23-19/h5-12,14,17,24H,4,13,15-16H2,1-3H3. The van der Waals surface area contributed by atoms with Crippen LogP contribution in [0.15, 0.2) is 54.9 Å². The van der Waals surface area contributed by atoms with Crippen LogP contribution in [0.25, 0.3) is 0 Å². The number of aromatic nitrogens is 3. The predicted molar refractivity (Wildman–Crippen MR) is 109 cm³/mol. The van der Waals surface area contributed by atoms with Crippen molar-refractivity contribution < 1.29 is 4.74 Å². The van der Waals surface area contributed by atoms with Crippen molar-refractivity contribution in [2.75, 3.05) is 5.32 Å². The van der Waals surface area contributed by atoms with E-state index in [9.17, 15) is 0 Å². The van der Waals surface area contributed by atoms with E-state index < -0.39 is 0 Å². The molecule has 1 N–H and O–H groups in total. The van der Waals surface area contributed by atoms with Crippen molar-refractivity contribution in [1.82, 2.24) is 14.8 Å². The van der Waals surface area contributed by atoms with E-state index in [4.69, 9.17) is 4.74 Å². The van der Waals surface area contributed by atoms with Crippen LogP contribution >= 0.6 is 0 Å². The third-order valence-corrected chi connectivity index (χ3v) is 4.32. The Hall–Kier alpha value is -2.82. The molecule has 0 spiro atoms. The fourth-order valence-electron chi connectivity index (χ4n) is 3.02. The van der Waals surface area contributed by atoms with Crippen LogP contribution in [0.5, 0.6) is 5.75 Å². The van der Waals surface area contributed by atoms with Crippen molar-refractivity contribution >= 4 is 5.69 Å². The monoisotopic (exact) mass is 364 g/mol. The van der Waals surface area contributed by atoms with E-state index in [2.05, 4.69) is 53.0 Å². The van der Waals surface area contributed by atoms with E-state index in [1.807, 2.05) is 36.5 Å². The van der Waals surface area contributed by atoms with Crippen LogP contribution in [0.3, 0.4) is 0 Å². The van der Waals surface area contributed by atoms with Crippen LogP contribution in [0.4, 0.5) is 5.69 Å². The average Bonchev–Trinajstić information content (AvgIpc) is 3.06. The Morgan fingerprint density at radius 3 is 2.78 bits per heavy atom. The largest absolute Gasteiger partial charge is 0.487 e. The molecule has 1 aromatic carbocycles. The zero-order chi connectivity index (χ0) is 19.1. The second-order valence-corrected chi connectivity index (χ2v) is 7.05. The topological polar surface area (TPSA) is 52.0 Å². The molecule has 27 heavy (non-hydrogen) atoms. The van der Waals surface area contributed by atoms with E-state index in [1.165, 1.54) is 11.3 Å². The molecule has 0 amide bonds. The summed E-state index contributed by atoms with van der Waals surface area (Å²) in [5, 5.41) is 8.07. The molecule has 0 aliphatic heterocycles. The second kappa shape index (κ2) is 9.21. The highest BCUT2D eigenvalue weighted by atomic mass is 16.5. The van der Waals surface area contributed by atoms with E-state index in [0.717, 1.165) is 36.6 Å². The summed E-state index contributed by atoms with van der Waals surface area (Å²) in [5.41, 5.74) is 4.46. The minimum atomic E-state index is 0.472. The summed E-state index contributed by atoms with van der Waals surface area (Å²) in [6, 6.07) is 14.0. The molecule has 3 aromatic rings. The van der Waals surface area contributed by atoms with Gasteiger partial charge in [-0.2, -0.15) is 5.10 Å².